The highest BCUT2D eigenvalue weighted by Gasteiger charge is 2.32. The third kappa shape index (κ3) is 2.78. The Kier molecular flexibility index (Phi) is 3.05. The van der Waals surface area contributed by atoms with Crippen molar-refractivity contribution in [2.75, 3.05) is 0 Å². The molecular weight excluding hydrogens is 226 g/mol. The van der Waals surface area contributed by atoms with Crippen LogP contribution in [0.3, 0.4) is 0 Å². The predicted molar refractivity (Wildman–Crippen MR) is 55.9 cm³/mol. The lowest BCUT2D eigenvalue weighted by Gasteiger charge is -2.10. The maximum Gasteiger partial charge on any atom is 0.252 e. The van der Waals surface area contributed by atoms with Gasteiger partial charge in [0, 0.05) is 11.6 Å². The summed E-state index contributed by atoms with van der Waals surface area (Å²) in [6.45, 7) is 0. The summed E-state index contributed by atoms with van der Waals surface area (Å²) in [4.78, 5) is 11.7. The molecule has 17 heavy (non-hydrogen) atoms. The smallest absolute Gasteiger partial charge is 0.252 e. The lowest BCUT2D eigenvalue weighted by Crippen LogP contribution is -2.35. The first-order chi connectivity index (χ1) is 8.10. The van der Waals surface area contributed by atoms with Gasteiger partial charge in [0.15, 0.2) is 0 Å². The summed E-state index contributed by atoms with van der Waals surface area (Å²) in [6.07, 6.45) is 1.80. The van der Waals surface area contributed by atoms with Crippen LogP contribution in [-0.2, 0) is 0 Å². The minimum absolute atomic E-state index is 0.108. The summed E-state index contributed by atoms with van der Waals surface area (Å²) in [5, 5.41) is 11.3. The molecule has 1 aliphatic rings. The van der Waals surface area contributed by atoms with Crippen molar-refractivity contribution in [1.29, 1.82) is 5.26 Å². The van der Waals surface area contributed by atoms with Gasteiger partial charge in [0.1, 0.15) is 17.7 Å². The first kappa shape index (κ1) is 11.5. The monoisotopic (exact) mass is 236 g/mol. The SMILES string of the molecule is N#CC(NC(=O)c1cc(F)cc(F)c1)C1CC1. The number of rotatable bonds is 3. The molecule has 1 aromatic carbocycles. The molecule has 0 saturated heterocycles. The second kappa shape index (κ2) is 4.50. The first-order valence-electron chi connectivity index (χ1n) is 5.26. The van der Waals surface area contributed by atoms with Gasteiger partial charge in [0.2, 0.25) is 0 Å². The van der Waals surface area contributed by atoms with Gasteiger partial charge in [-0.15, -0.1) is 0 Å². The van der Waals surface area contributed by atoms with E-state index in [2.05, 4.69) is 5.32 Å². The third-order valence-corrected chi connectivity index (χ3v) is 2.64. The highest BCUT2D eigenvalue weighted by atomic mass is 19.1. The molecule has 5 heteroatoms. The first-order valence-corrected chi connectivity index (χ1v) is 5.26. The Morgan fingerprint density at radius 1 is 1.35 bits per heavy atom. The molecule has 1 aliphatic carbocycles. The molecule has 0 bridgehead atoms. The lowest BCUT2D eigenvalue weighted by atomic mass is 10.1. The predicted octanol–water partition coefficient (Wildman–Crippen LogP) is 2.00. The second-order valence-corrected chi connectivity index (χ2v) is 4.08. The van der Waals surface area contributed by atoms with Crippen LogP contribution in [0.1, 0.15) is 23.2 Å². The van der Waals surface area contributed by atoms with E-state index in [0.29, 0.717) is 6.07 Å². The van der Waals surface area contributed by atoms with E-state index in [1.54, 1.807) is 0 Å². The third-order valence-electron chi connectivity index (χ3n) is 2.64. The second-order valence-electron chi connectivity index (χ2n) is 4.08. The summed E-state index contributed by atoms with van der Waals surface area (Å²) in [5.41, 5.74) is -0.108. The minimum atomic E-state index is -0.810. The molecule has 0 heterocycles. The van der Waals surface area contributed by atoms with Gasteiger partial charge in [0.05, 0.1) is 6.07 Å². The highest BCUT2D eigenvalue weighted by molar-refractivity contribution is 5.94. The van der Waals surface area contributed by atoms with Gasteiger partial charge >= 0.3 is 0 Å². The Morgan fingerprint density at radius 3 is 2.41 bits per heavy atom. The topological polar surface area (TPSA) is 52.9 Å². The largest absolute Gasteiger partial charge is 0.336 e. The number of nitriles is 1. The minimum Gasteiger partial charge on any atom is -0.336 e. The number of nitrogens with one attached hydrogen (secondary N) is 1. The Hall–Kier alpha value is -1.96. The molecule has 1 saturated carbocycles. The number of benzene rings is 1. The van der Waals surface area contributed by atoms with Crippen molar-refractivity contribution < 1.29 is 13.6 Å². The van der Waals surface area contributed by atoms with Crippen LogP contribution in [0.25, 0.3) is 0 Å². The van der Waals surface area contributed by atoms with Gasteiger partial charge in [-0.3, -0.25) is 4.79 Å². The number of carbonyl (C=O) groups excluding carboxylic acids is 1. The Bertz CT molecular complexity index is 472. The zero-order valence-corrected chi connectivity index (χ0v) is 8.91. The van der Waals surface area contributed by atoms with E-state index in [1.807, 2.05) is 6.07 Å². The van der Waals surface area contributed by atoms with Crippen molar-refractivity contribution in [2.24, 2.45) is 5.92 Å². The number of hydrogen-bond donors (Lipinski definition) is 1. The number of carbonyl (C=O) groups is 1. The standard InChI is InChI=1S/C12H10F2N2O/c13-9-3-8(4-10(14)5-9)12(17)16-11(6-15)7-1-2-7/h3-5,7,11H,1-2H2,(H,16,17). The normalized spacial score (nSPS) is 16.1. The fourth-order valence-electron chi connectivity index (χ4n) is 1.59. The zero-order chi connectivity index (χ0) is 12.4. The molecular formula is C12H10F2N2O. The molecule has 1 N–H and O–H groups in total. The van der Waals surface area contributed by atoms with E-state index >= 15 is 0 Å². The van der Waals surface area contributed by atoms with Gasteiger partial charge in [-0.05, 0) is 30.9 Å². The van der Waals surface area contributed by atoms with Gasteiger partial charge in [-0.25, -0.2) is 8.78 Å². The van der Waals surface area contributed by atoms with E-state index in [9.17, 15) is 13.6 Å². The summed E-state index contributed by atoms with van der Waals surface area (Å²) >= 11 is 0. The molecule has 0 aliphatic heterocycles. The summed E-state index contributed by atoms with van der Waals surface area (Å²) in [6, 6.07) is 3.98. The van der Waals surface area contributed by atoms with Crippen LogP contribution in [0.5, 0.6) is 0 Å². The molecule has 1 aromatic rings. The lowest BCUT2D eigenvalue weighted by molar-refractivity contribution is 0.0941. The van der Waals surface area contributed by atoms with E-state index < -0.39 is 23.6 Å². The Labute approximate surface area is 97.1 Å². The van der Waals surface area contributed by atoms with Crippen molar-refractivity contribution in [3.8, 4) is 6.07 Å². The molecule has 0 aromatic heterocycles. The fourth-order valence-corrected chi connectivity index (χ4v) is 1.59. The van der Waals surface area contributed by atoms with Crippen molar-refractivity contribution in [3.05, 3.63) is 35.4 Å². The fraction of sp³-hybridized carbons (Fsp3) is 0.333. The van der Waals surface area contributed by atoms with E-state index in [1.165, 1.54) is 0 Å². The quantitative estimate of drug-likeness (QED) is 0.872. The van der Waals surface area contributed by atoms with Crippen molar-refractivity contribution in [2.45, 2.75) is 18.9 Å². The van der Waals surface area contributed by atoms with Crippen LogP contribution >= 0.6 is 0 Å². The molecule has 1 unspecified atom stereocenters. The molecule has 1 amide bonds. The van der Waals surface area contributed by atoms with E-state index in [4.69, 9.17) is 5.26 Å². The summed E-state index contributed by atoms with van der Waals surface area (Å²) in [5.74, 6) is -2.07. The van der Waals surface area contributed by atoms with Crippen LogP contribution in [0.4, 0.5) is 8.78 Å². The van der Waals surface area contributed by atoms with E-state index in [0.717, 1.165) is 25.0 Å². The average molecular weight is 236 g/mol. The van der Waals surface area contributed by atoms with Crippen LogP contribution < -0.4 is 5.32 Å². The van der Waals surface area contributed by atoms with Gasteiger partial charge in [0.25, 0.3) is 5.91 Å². The highest BCUT2D eigenvalue weighted by Crippen LogP contribution is 2.32. The molecule has 2 rings (SSSR count). The maximum atomic E-state index is 12.9. The van der Waals surface area contributed by atoms with Crippen LogP contribution in [0.15, 0.2) is 18.2 Å². The number of amides is 1. The Morgan fingerprint density at radius 2 is 1.94 bits per heavy atom. The number of nitrogens with zero attached hydrogens (tertiary/aromatic N) is 1. The summed E-state index contributed by atoms with van der Waals surface area (Å²) in [7, 11) is 0. The Balaban J connectivity index is 2.11. The molecule has 0 radical (unpaired) electrons. The maximum absolute atomic E-state index is 12.9. The molecule has 88 valence electrons. The number of halogens is 2. The van der Waals surface area contributed by atoms with Crippen molar-refractivity contribution in [3.63, 3.8) is 0 Å². The van der Waals surface area contributed by atoms with Crippen LogP contribution in [0, 0.1) is 28.9 Å². The van der Waals surface area contributed by atoms with Gasteiger partial charge < -0.3 is 5.32 Å². The molecule has 1 atom stereocenters. The van der Waals surface area contributed by atoms with Gasteiger partial charge in [-0.1, -0.05) is 0 Å². The van der Waals surface area contributed by atoms with Crippen LogP contribution in [0.2, 0.25) is 0 Å². The van der Waals surface area contributed by atoms with Crippen molar-refractivity contribution in [1.82, 2.24) is 5.32 Å². The molecule has 1 fully saturated rings. The average Bonchev–Trinajstić information content (AvgIpc) is 3.08. The van der Waals surface area contributed by atoms with Crippen molar-refractivity contribution >= 4 is 5.91 Å². The molecule has 3 nitrogen and oxygen atoms in total. The molecule has 0 spiro atoms. The van der Waals surface area contributed by atoms with Crippen LogP contribution in [-0.4, -0.2) is 11.9 Å². The van der Waals surface area contributed by atoms with Gasteiger partial charge in [-0.2, -0.15) is 5.26 Å². The van der Waals surface area contributed by atoms with E-state index in [-0.39, 0.29) is 11.5 Å². The zero-order valence-electron chi connectivity index (χ0n) is 8.91. The summed E-state index contributed by atoms with van der Waals surface area (Å²) < 4.78 is 25.8. The number of hydrogen-bond acceptors (Lipinski definition) is 2.